The van der Waals surface area contributed by atoms with Crippen molar-refractivity contribution >= 4 is 23.0 Å². The van der Waals surface area contributed by atoms with Crippen LogP contribution >= 0.6 is 0 Å². The first kappa shape index (κ1) is 17.9. The summed E-state index contributed by atoms with van der Waals surface area (Å²) in [6.45, 7) is 4.24. The smallest absolute Gasteiger partial charge is 0.269 e. The SMILES string of the molecule is CC1CCN(c2ccccc2N(C)C(=O)c2ccc([N+](=O)[O-])cc2)CC1. The minimum absolute atomic E-state index is 0.0213. The number of nitro groups is 1. The van der Waals surface area contributed by atoms with Gasteiger partial charge < -0.3 is 9.80 Å². The predicted molar refractivity (Wildman–Crippen MR) is 103 cm³/mol. The molecule has 0 atom stereocenters. The second kappa shape index (κ2) is 7.56. The first-order valence-electron chi connectivity index (χ1n) is 8.84. The third-order valence-corrected chi connectivity index (χ3v) is 5.00. The van der Waals surface area contributed by atoms with Gasteiger partial charge >= 0.3 is 0 Å². The van der Waals surface area contributed by atoms with E-state index in [9.17, 15) is 14.9 Å². The summed E-state index contributed by atoms with van der Waals surface area (Å²) in [6.07, 6.45) is 2.29. The molecule has 0 saturated carbocycles. The fourth-order valence-corrected chi connectivity index (χ4v) is 3.29. The molecule has 136 valence electrons. The summed E-state index contributed by atoms with van der Waals surface area (Å²) in [5.74, 6) is 0.551. The predicted octanol–water partition coefficient (Wildman–Crippen LogP) is 4.11. The average Bonchev–Trinajstić information content (AvgIpc) is 2.67. The second-order valence-electron chi connectivity index (χ2n) is 6.83. The Labute approximate surface area is 153 Å². The fraction of sp³-hybridized carbons (Fsp3) is 0.350. The number of nitrogens with zero attached hydrogens (tertiary/aromatic N) is 3. The molecule has 0 spiro atoms. The van der Waals surface area contributed by atoms with Crippen LogP contribution in [-0.2, 0) is 0 Å². The third-order valence-electron chi connectivity index (χ3n) is 5.00. The number of carbonyl (C=O) groups excluding carboxylic acids is 1. The molecule has 1 saturated heterocycles. The highest BCUT2D eigenvalue weighted by Crippen LogP contribution is 2.32. The Morgan fingerprint density at radius 2 is 1.73 bits per heavy atom. The number of piperidine rings is 1. The third kappa shape index (κ3) is 3.69. The molecule has 0 N–H and O–H groups in total. The van der Waals surface area contributed by atoms with Crippen LogP contribution in [0.2, 0.25) is 0 Å². The number of anilines is 2. The van der Waals surface area contributed by atoms with Crippen LogP contribution in [0.25, 0.3) is 0 Å². The number of hydrogen-bond donors (Lipinski definition) is 0. The van der Waals surface area contributed by atoms with Gasteiger partial charge in [0.25, 0.3) is 11.6 Å². The molecule has 0 aromatic heterocycles. The van der Waals surface area contributed by atoms with Crippen molar-refractivity contribution in [2.24, 2.45) is 5.92 Å². The molecule has 26 heavy (non-hydrogen) atoms. The molecule has 1 amide bonds. The summed E-state index contributed by atoms with van der Waals surface area (Å²) in [5.41, 5.74) is 2.31. The zero-order valence-electron chi connectivity index (χ0n) is 15.1. The molecular formula is C20H23N3O3. The summed E-state index contributed by atoms with van der Waals surface area (Å²) < 4.78 is 0. The van der Waals surface area contributed by atoms with Crippen LogP contribution in [0.3, 0.4) is 0 Å². The van der Waals surface area contributed by atoms with Crippen LogP contribution in [0, 0.1) is 16.0 Å². The number of nitro benzene ring substituents is 1. The maximum absolute atomic E-state index is 12.9. The van der Waals surface area contributed by atoms with E-state index in [4.69, 9.17) is 0 Å². The number of amides is 1. The van der Waals surface area contributed by atoms with Crippen molar-refractivity contribution in [3.05, 3.63) is 64.2 Å². The largest absolute Gasteiger partial charge is 0.370 e. The van der Waals surface area contributed by atoms with E-state index in [2.05, 4.69) is 11.8 Å². The normalized spacial score (nSPS) is 14.9. The van der Waals surface area contributed by atoms with Crippen LogP contribution < -0.4 is 9.80 Å². The summed E-state index contributed by atoms with van der Waals surface area (Å²) in [5, 5.41) is 10.8. The molecule has 1 aliphatic heterocycles. The number of hydrogen-bond acceptors (Lipinski definition) is 4. The van der Waals surface area contributed by atoms with E-state index in [0.717, 1.165) is 43.2 Å². The Morgan fingerprint density at radius 3 is 2.35 bits per heavy atom. The van der Waals surface area contributed by atoms with E-state index < -0.39 is 4.92 Å². The summed E-state index contributed by atoms with van der Waals surface area (Å²) in [6, 6.07) is 13.6. The van der Waals surface area contributed by atoms with E-state index in [1.165, 1.54) is 24.3 Å². The van der Waals surface area contributed by atoms with Gasteiger partial charge in [0.15, 0.2) is 0 Å². The number of non-ortho nitro benzene ring substituents is 1. The van der Waals surface area contributed by atoms with E-state index >= 15 is 0 Å². The van der Waals surface area contributed by atoms with Crippen LogP contribution in [0.15, 0.2) is 48.5 Å². The Bertz CT molecular complexity index is 796. The molecule has 0 bridgehead atoms. The minimum atomic E-state index is -0.468. The quantitative estimate of drug-likeness (QED) is 0.613. The summed E-state index contributed by atoms with van der Waals surface area (Å²) >= 11 is 0. The van der Waals surface area contributed by atoms with Gasteiger partial charge in [-0.15, -0.1) is 0 Å². The number of rotatable bonds is 4. The van der Waals surface area contributed by atoms with Gasteiger partial charge in [-0.25, -0.2) is 0 Å². The van der Waals surface area contributed by atoms with Crippen molar-refractivity contribution in [3.63, 3.8) is 0 Å². The van der Waals surface area contributed by atoms with Gasteiger partial charge in [-0.2, -0.15) is 0 Å². The zero-order valence-corrected chi connectivity index (χ0v) is 15.1. The molecule has 1 heterocycles. The van der Waals surface area contributed by atoms with Crippen LogP contribution in [0.1, 0.15) is 30.1 Å². The first-order chi connectivity index (χ1) is 12.5. The van der Waals surface area contributed by atoms with Crippen molar-refractivity contribution in [1.29, 1.82) is 0 Å². The Kier molecular flexibility index (Phi) is 5.21. The first-order valence-corrected chi connectivity index (χ1v) is 8.84. The molecule has 2 aromatic rings. The van der Waals surface area contributed by atoms with Crippen LogP contribution in [-0.4, -0.2) is 31.0 Å². The highest BCUT2D eigenvalue weighted by atomic mass is 16.6. The van der Waals surface area contributed by atoms with Crippen LogP contribution in [0.5, 0.6) is 0 Å². The maximum atomic E-state index is 12.9. The lowest BCUT2D eigenvalue weighted by Crippen LogP contribution is -2.35. The highest BCUT2D eigenvalue weighted by Gasteiger charge is 2.22. The summed E-state index contributed by atoms with van der Waals surface area (Å²) in [7, 11) is 1.75. The van der Waals surface area contributed by atoms with Gasteiger partial charge in [0, 0.05) is 37.8 Å². The molecule has 3 rings (SSSR count). The van der Waals surface area contributed by atoms with E-state index in [-0.39, 0.29) is 11.6 Å². The molecule has 6 nitrogen and oxygen atoms in total. The van der Waals surface area contributed by atoms with Crippen molar-refractivity contribution in [2.75, 3.05) is 29.9 Å². The fourth-order valence-electron chi connectivity index (χ4n) is 3.29. The van der Waals surface area contributed by atoms with E-state index in [1.807, 2.05) is 24.3 Å². The van der Waals surface area contributed by atoms with Crippen LogP contribution in [0.4, 0.5) is 17.1 Å². The van der Waals surface area contributed by atoms with E-state index in [1.54, 1.807) is 11.9 Å². The maximum Gasteiger partial charge on any atom is 0.269 e. The Morgan fingerprint density at radius 1 is 1.12 bits per heavy atom. The molecule has 0 radical (unpaired) electrons. The lowest BCUT2D eigenvalue weighted by atomic mass is 9.98. The molecule has 1 fully saturated rings. The molecular weight excluding hydrogens is 330 g/mol. The van der Waals surface area contributed by atoms with Gasteiger partial charge in [0.2, 0.25) is 0 Å². The number of para-hydroxylation sites is 2. The molecule has 0 unspecified atom stereocenters. The van der Waals surface area contributed by atoms with Crippen molar-refractivity contribution in [1.82, 2.24) is 0 Å². The number of benzene rings is 2. The monoisotopic (exact) mass is 353 g/mol. The molecule has 0 aliphatic carbocycles. The standard InChI is InChI=1S/C20H23N3O3/c1-15-11-13-22(14-12-15)19-6-4-3-5-18(19)21(2)20(24)16-7-9-17(10-8-16)23(25)26/h3-10,15H,11-14H2,1-2H3. The van der Waals surface area contributed by atoms with Gasteiger partial charge in [-0.05, 0) is 43.0 Å². The van der Waals surface area contributed by atoms with Crippen molar-refractivity contribution in [3.8, 4) is 0 Å². The van der Waals surface area contributed by atoms with Crippen molar-refractivity contribution < 1.29 is 9.72 Å². The molecule has 1 aliphatic rings. The second-order valence-corrected chi connectivity index (χ2v) is 6.83. The van der Waals surface area contributed by atoms with Gasteiger partial charge in [0.05, 0.1) is 16.3 Å². The Balaban J connectivity index is 1.84. The minimum Gasteiger partial charge on any atom is -0.370 e. The van der Waals surface area contributed by atoms with Gasteiger partial charge in [-0.3, -0.25) is 14.9 Å². The topological polar surface area (TPSA) is 66.7 Å². The molecule has 2 aromatic carbocycles. The number of carbonyl (C=O) groups is 1. The lowest BCUT2D eigenvalue weighted by Gasteiger charge is -2.34. The van der Waals surface area contributed by atoms with Crippen molar-refractivity contribution in [2.45, 2.75) is 19.8 Å². The lowest BCUT2D eigenvalue weighted by molar-refractivity contribution is -0.384. The highest BCUT2D eigenvalue weighted by molar-refractivity contribution is 6.07. The molecule has 6 heteroatoms. The van der Waals surface area contributed by atoms with E-state index in [0.29, 0.717) is 5.56 Å². The Hall–Kier alpha value is -2.89. The van der Waals surface area contributed by atoms with Gasteiger partial charge in [-0.1, -0.05) is 19.1 Å². The average molecular weight is 353 g/mol. The van der Waals surface area contributed by atoms with Gasteiger partial charge in [0.1, 0.15) is 0 Å². The summed E-state index contributed by atoms with van der Waals surface area (Å²) in [4.78, 5) is 27.1. The zero-order chi connectivity index (χ0) is 18.7.